The molecule has 0 spiro atoms. The highest BCUT2D eigenvalue weighted by Crippen LogP contribution is 2.45. The first-order valence-electron chi connectivity index (χ1n) is 21.0. The summed E-state index contributed by atoms with van der Waals surface area (Å²) in [6.45, 7) is 0. The normalized spacial score (nSPS) is 11.5. The van der Waals surface area contributed by atoms with E-state index < -0.39 is 0 Å². The van der Waals surface area contributed by atoms with Crippen LogP contribution in [-0.4, -0.2) is 24.1 Å². The van der Waals surface area contributed by atoms with E-state index in [1.807, 2.05) is 24.3 Å². The van der Waals surface area contributed by atoms with Gasteiger partial charge in [-0.25, -0.2) is 4.98 Å². The standard InChI is InChI=1S/C57H37N5/c1-5-18-38(19-6-1)39-32-34-43(35-33-39)56-58-55(42-24-11-4-12-25-42)59-57(60-56)62-51-31-16-14-27-47(51)49-37-36-48-46-26-13-15-30-50(46)61(53(48)54(49)62)52-44(40-20-7-2-8-21-40)28-17-29-45(52)41-22-9-3-10-23-41/h1-37H. The monoisotopic (exact) mass is 791 g/mol. The minimum Gasteiger partial charge on any atom is -0.306 e. The number of para-hydroxylation sites is 3. The molecule has 0 saturated carbocycles. The lowest BCUT2D eigenvalue weighted by molar-refractivity contribution is 0.953. The minimum atomic E-state index is 0.552. The second kappa shape index (κ2) is 14.7. The third-order valence-electron chi connectivity index (χ3n) is 12.0. The van der Waals surface area contributed by atoms with E-state index in [-0.39, 0.29) is 0 Å². The third-order valence-corrected chi connectivity index (χ3v) is 12.0. The molecule has 12 aromatic rings. The highest BCUT2D eigenvalue weighted by Gasteiger charge is 2.26. The molecule has 0 saturated heterocycles. The smallest absolute Gasteiger partial charge is 0.238 e. The topological polar surface area (TPSA) is 48.5 Å². The van der Waals surface area contributed by atoms with E-state index in [0.717, 1.165) is 88.4 Å². The van der Waals surface area contributed by atoms with Gasteiger partial charge in [-0.15, -0.1) is 0 Å². The summed E-state index contributed by atoms with van der Waals surface area (Å²) in [6, 6.07) is 79.3. The maximum absolute atomic E-state index is 5.40. The van der Waals surface area contributed by atoms with Gasteiger partial charge in [-0.05, 0) is 34.4 Å². The average molecular weight is 792 g/mol. The van der Waals surface area contributed by atoms with Crippen molar-refractivity contribution in [2.24, 2.45) is 0 Å². The molecule has 0 fully saturated rings. The fraction of sp³-hybridized carbons (Fsp3) is 0. The van der Waals surface area contributed by atoms with Gasteiger partial charge in [0.05, 0.1) is 27.8 Å². The molecule has 5 heteroatoms. The Morgan fingerprint density at radius 1 is 0.258 bits per heavy atom. The van der Waals surface area contributed by atoms with Gasteiger partial charge in [0, 0.05) is 43.8 Å². The van der Waals surface area contributed by atoms with Crippen LogP contribution in [0.15, 0.2) is 224 Å². The largest absolute Gasteiger partial charge is 0.306 e. The summed E-state index contributed by atoms with van der Waals surface area (Å²) < 4.78 is 4.77. The number of hydrogen-bond donors (Lipinski definition) is 0. The molecule has 290 valence electrons. The summed E-state index contributed by atoms with van der Waals surface area (Å²) in [6.07, 6.45) is 0. The van der Waals surface area contributed by atoms with Crippen LogP contribution in [0.25, 0.3) is 111 Å². The van der Waals surface area contributed by atoms with Gasteiger partial charge in [-0.2, -0.15) is 9.97 Å². The second-order valence-electron chi connectivity index (χ2n) is 15.6. The van der Waals surface area contributed by atoms with Crippen molar-refractivity contribution < 1.29 is 0 Å². The lowest BCUT2D eigenvalue weighted by Gasteiger charge is -2.20. The second-order valence-corrected chi connectivity index (χ2v) is 15.6. The van der Waals surface area contributed by atoms with Crippen LogP contribution in [0.4, 0.5) is 0 Å². The van der Waals surface area contributed by atoms with Gasteiger partial charge in [0.1, 0.15) is 0 Å². The summed E-state index contributed by atoms with van der Waals surface area (Å²) >= 11 is 0. The average Bonchev–Trinajstić information content (AvgIpc) is 3.88. The molecule has 62 heavy (non-hydrogen) atoms. The number of nitrogens with zero attached hydrogens (tertiary/aromatic N) is 5. The quantitative estimate of drug-likeness (QED) is 0.162. The van der Waals surface area contributed by atoms with Crippen molar-refractivity contribution in [2.45, 2.75) is 0 Å². The molecule has 0 unspecified atom stereocenters. The van der Waals surface area contributed by atoms with Crippen LogP contribution >= 0.6 is 0 Å². The van der Waals surface area contributed by atoms with Gasteiger partial charge >= 0.3 is 0 Å². The van der Waals surface area contributed by atoms with Crippen molar-refractivity contribution in [3.05, 3.63) is 224 Å². The molecule has 12 rings (SSSR count). The molecule has 0 bridgehead atoms. The van der Waals surface area contributed by atoms with Crippen molar-refractivity contribution in [1.29, 1.82) is 0 Å². The molecule has 0 radical (unpaired) electrons. The molecule has 9 aromatic carbocycles. The van der Waals surface area contributed by atoms with Gasteiger partial charge in [-0.1, -0.05) is 212 Å². The third kappa shape index (κ3) is 5.82. The van der Waals surface area contributed by atoms with Crippen LogP contribution in [0.3, 0.4) is 0 Å². The fourth-order valence-corrected chi connectivity index (χ4v) is 9.18. The summed E-state index contributed by atoms with van der Waals surface area (Å²) in [5.74, 6) is 1.76. The molecule has 0 aliphatic carbocycles. The molecule has 0 aliphatic rings. The van der Waals surface area contributed by atoms with Crippen molar-refractivity contribution >= 4 is 43.6 Å². The van der Waals surface area contributed by atoms with E-state index in [2.05, 4.69) is 209 Å². The van der Waals surface area contributed by atoms with E-state index in [4.69, 9.17) is 15.0 Å². The first-order chi connectivity index (χ1) is 30.8. The molecule has 3 aromatic heterocycles. The minimum absolute atomic E-state index is 0.552. The van der Waals surface area contributed by atoms with Crippen LogP contribution in [0.2, 0.25) is 0 Å². The Kier molecular flexibility index (Phi) is 8.42. The highest BCUT2D eigenvalue weighted by molar-refractivity contribution is 6.24. The zero-order valence-electron chi connectivity index (χ0n) is 33.6. The molecule has 0 N–H and O–H groups in total. The number of benzene rings is 9. The molecular formula is C57H37N5. The maximum Gasteiger partial charge on any atom is 0.238 e. The molecule has 3 heterocycles. The van der Waals surface area contributed by atoms with Gasteiger partial charge in [0.2, 0.25) is 5.95 Å². The Balaban J connectivity index is 1.21. The van der Waals surface area contributed by atoms with Crippen LogP contribution < -0.4 is 0 Å². The van der Waals surface area contributed by atoms with E-state index in [1.165, 1.54) is 5.39 Å². The summed E-state index contributed by atoms with van der Waals surface area (Å²) in [5.41, 5.74) is 14.0. The number of aromatic nitrogens is 5. The predicted molar refractivity (Wildman–Crippen MR) is 256 cm³/mol. The highest BCUT2D eigenvalue weighted by atomic mass is 15.2. The predicted octanol–water partition coefficient (Wildman–Crippen LogP) is 14.4. The van der Waals surface area contributed by atoms with E-state index >= 15 is 0 Å². The molecular weight excluding hydrogens is 755 g/mol. The van der Waals surface area contributed by atoms with Crippen molar-refractivity contribution in [3.8, 4) is 67.8 Å². The van der Waals surface area contributed by atoms with Crippen LogP contribution in [0.5, 0.6) is 0 Å². The first-order valence-corrected chi connectivity index (χ1v) is 21.0. The summed E-state index contributed by atoms with van der Waals surface area (Å²) in [4.78, 5) is 15.9. The number of fused-ring (bicyclic) bond motifs is 7. The summed E-state index contributed by atoms with van der Waals surface area (Å²) in [7, 11) is 0. The van der Waals surface area contributed by atoms with Crippen molar-refractivity contribution in [1.82, 2.24) is 24.1 Å². The number of hydrogen-bond acceptors (Lipinski definition) is 3. The fourth-order valence-electron chi connectivity index (χ4n) is 9.18. The molecule has 0 atom stereocenters. The lowest BCUT2D eigenvalue weighted by atomic mass is 9.95. The van der Waals surface area contributed by atoms with Gasteiger partial charge in [0.15, 0.2) is 11.6 Å². The van der Waals surface area contributed by atoms with Crippen LogP contribution in [-0.2, 0) is 0 Å². The van der Waals surface area contributed by atoms with Crippen molar-refractivity contribution in [3.63, 3.8) is 0 Å². The zero-order valence-corrected chi connectivity index (χ0v) is 33.6. The van der Waals surface area contributed by atoms with E-state index in [9.17, 15) is 0 Å². The molecule has 5 nitrogen and oxygen atoms in total. The summed E-state index contributed by atoms with van der Waals surface area (Å²) in [5, 5.41) is 4.55. The van der Waals surface area contributed by atoms with E-state index in [0.29, 0.717) is 17.6 Å². The van der Waals surface area contributed by atoms with Gasteiger partial charge < -0.3 is 4.57 Å². The SMILES string of the molecule is c1ccc(-c2ccc(-c3nc(-c4ccccc4)nc(-n4c5ccccc5c5ccc6c7ccccc7n(-c7c(-c8ccccc8)cccc7-c7ccccc7)c6c54)n3)cc2)cc1. The Bertz CT molecular complexity index is 3540. The molecule has 0 amide bonds. The Morgan fingerprint density at radius 3 is 1.18 bits per heavy atom. The van der Waals surface area contributed by atoms with Gasteiger partial charge in [0.25, 0.3) is 0 Å². The Labute approximate surface area is 358 Å². The van der Waals surface area contributed by atoms with Crippen LogP contribution in [0, 0.1) is 0 Å². The lowest BCUT2D eigenvalue weighted by Crippen LogP contribution is -2.07. The van der Waals surface area contributed by atoms with Crippen LogP contribution in [0.1, 0.15) is 0 Å². The molecule has 0 aliphatic heterocycles. The first kappa shape index (κ1) is 35.5. The number of rotatable bonds is 7. The van der Waals surface area contributed by atoms with Crippen molar-refractivity contribution in [2.75, 3.05) is 0 Å². The van der Waals surface area contributed by atoms with Gasteiger partial charge in [-0.3, -0.25) is 4.57 Å². The Hall–Kier alpha value is -8.41. The van der Waals surface area contributed by atoms with E-state index in [1.54, 1.807) is 0 Å². The Morgan fingerprint density at radius 2 is 0.645 bits per heavy atom. The zero-order chi connectivity index (χ0) is 41.0. The maximum atomic E-state index is 5.40.